The summed E-state index contributed by atoms with van der Waals surface area (Å²) in [4.78, 5) is 10.9. The first-order chi connectivity index (χ1) is 7.93. The van der Waals surface area contributed by atoms with Crippen LogP contribution in [0.4, 0.5) is 0 Å². The standard InChI is InChI=1S/C14H19O2S/c1-14(2,3)17(16)11-13(10-15)9-12-7-5-4-6-8-12/h4-8,13H,9,11H2,1-3H3. The quantitative estimate of drug-likeness (QED) is 0.754. The zero-order chi connectivity index (χ0) is 12.9. The van der Waals surface area contributed by atoms with E-state index in [1.54, 1.807) is 0 Å². The Morgan fingerprint density at radius 2 is 1.88 bits per heavy atom. The SMILES string of the molecule is CC(C)(C)[S+]([O-])CC([C]=O)Cc1ccccc1. The molecule has 2 atom stereocenters. The fraction of sp³-hybridized carbons (Fsp3) is 0.500. The molecule has 3 heteroatoms. The van der Waals surface area contributed by atoms with Crippen molar-refractivity contribution in [3.63, 3.8) is 0 Å². The van der Waals surface area contributed by atoms with Crippen LogP contribution in [0.25, 0.3) is 0 Å². The zero-order valence-electron chi connectivity index (χ0n) is 10.6. The molecule has 2 nitrogen and oxygen atoms in total. The highest BCUT2D eigenvalue weighted by Crippen LogP contribution is 2.20. The van der Waals surface area contributed by atoms with Crippen LogP contribution in [0.15, 0.2) is 30.3 Å². The van der Waals surface area contributed by atoms with Gasteiger partial charge in [0.15, 0.2) is 0 Å². The highest BCUT2D eigenvalue weighted by atomic mass is 32.2. The van der Waals surface area contributed by atoms with Crippen LogP contribution in [0.1, 0.15) is 26.3 Å². The minimum atomic E-state index is -1.00. The lowest BCUT2D eigenvalue weighted by molar-refractivity contribution is 0.517. The summed E-state index contributed by atoms with van der Waals surface area (Å²) in [6, 6.07) is 9.78. The van der Waals surface area contributed by atoms with Crippen LogP contribution < -0.4 is 0 Å². The Morgan fingerprint density at radius 3 is 2.35 bits per heavy atom. The molecule has 0 fully saturated rings. The first kappa shape index (κ1) is 14.3. The lowest BCUT2D eigenvalue weighted by Gasteiger charge is -2.26. The third-order valence-electron chi connectivity index (χ3n) is 2.53. The molecular formula is C14H19O2S. The third-order valence-corrected chi connectivity index (χ3v) is 4.60. The molecule has 2 unspecified atom stereocenters. The summed E-state index contributed by atoms with van der Waals surface area (Å²) in [7, 11) is 0. The lowest BCUT2D eigenvalue weighted by Crippen LogP contribution is -2.34. The van der Waals surface area contributed by atoms with Gasteiger partial charge in [-0.3, -0.25) is 4.79 Å². The van der Waals surface area contributed by atoms with Gasteiger partial charge in [0.25, 0.3) is 0 Å². The van der Waals surface area contributed by atoms with Gasteiger partial charge in [-0.25, -0.2) is 0 Å². The molecule has 1 aromatic carbocycles. The molecule has 0 spiro atoms. The van der Waals surface area contributed by atoms with Crippen molar-refractivity contribution in [1.29, 1.82) is 0 Å². The average Bonchev–Trinajstić information content (AvgIpc) is 2.28. The highest BCUT2D eigenvalue weighted by molar-refractivity contribution is 7.92. The maximum absolute atomic E-state index is 12.0. The predicted octanol–water partition coefficient (Wildman–Crippen LogP) is 2.50. The van der Waals surface area contributed by atoms with E-state index >= 15 is 0 Å². The molecule has 0 aliphatic carbocycles. The van der Waals surface area contributed by atoms with Crippen molar-refractivity contribution < 1.29 is 9.35 Å². The van der Waals surface area contributed by atoms with Crippen molar-refractivity contribution >= 4 is 17.5 Å². The Balaban J connectivity index is 2.58. The zero-order valence-corrected chi connectivity index (χ0v) is 11.4. The van der Waals surface area contributed by atoms with Crippen LogP contribution >= 0.6 is 0 Å². The Morgan fingerprint density at radius 1 is 1.29 bits per heavy atom. The monoisotopic (exact) mass is 251 g/mol. The van der Waals surface area contributed by atoms with Crippen LogP contribution in [0.5, 0.6) is 0 Å². The first-order valence-electron chi connectivity index (χ1n) is 5.73. The van der Waals surface area contributed by atoms with Crippen molar-refractivity contribution in [2.45, 2.75) is 31.9 Å². The molecule has 1 radical (unpaired) electrons. The molecule has 0 N–H and O–H groups in total. The second kappa shape index (κ2) is 6.22. The van der Waals surface area contributed by atoms with Crippen LogP contribution in [0.2, 0.25) is 0 Å². The minimum Gasteiger partial charge on any atom is -0.616 e. The smallest absolute Gasteiger partial charge is 0.206 e. The molecule has 0 saturated heterocycles. The maximum atomic E-state index is 12.0. The van der Waals surface area contributed by atoms with Gasteiger partial charge in [-0.05, 0) is 43.9 Å². The summed E-state index contributed by atoms with van der Waals surface area (Å²) in [5.74, 6) is 0.111. The minimum absolute atomic E-state index is 0.272. The fourth-order valence-electron chi connectivity index (χ4n) is 1.47. The van der Waals surface area contributed by atoms with Crippen LogP contribution in [-0.2, 0) is 22.4 Å². The first-order valence-corrected chi connectivity index (χ1v) is 7.05. The van der Waals surface area contributed by atoms with Gasteiger partial charge in [0, 0.05) is 0 Å². The van der Waals surface area contributed by atoms with E-state index in [1.165, 1.54) is 0 Å². The molecule has 0 saturated carbocycles. The van der Waals surface area contributed by atoms with Crippen LogP contribution in [0, 0.1) is 5.92 Å². The van der Waals surface area contributed by atoms with Crippen LogP contribution in [0.3, 0.4) is 0 Å². The predicted molar refractivity (Wildman–Crippen MR) is 72.1 cm³/mol. The Kier molecular flexibility index (Phi) is 5.22. The second-order valence-corrected chi connectivity index (χ2v) is 7.38. The molecular weight excluding hydrogens is 232 g/mol. The number of hydrogen-bond acceptors (Lipinski definition) is 2. The van der Waals surface area contributed by atoms with Crippen LogP contribution in [-0.4, -0.2) is 21.3 Å². The van der Waals surface area contributed by atoms with E-state index < -0.39 is 11.2 Å². The van der Waals surface area contributed by atoms with Crippen molar-refractivity contribution in [2.75, 3.05) is 5.75 Å². The average molecular weight is 251 g/mol. The topological polar surface area (TPSA) is 40.1 Å². The van der Waals surface area contributed by atoms with Crippen molar-refractivity contribution in [3.8, 4) is 0 Å². The molecule has 1 rings (SSSR count). The van der Waals surface area contributed by atoms with Crippen molar-refractivity contribution in [3.05, 3.63) is 35.9 Å². The van der Waals surface area contributed by atoms with Gasteiger partial charge in [0.2, 0.25) is 6.29 Å². The van der Waals surface area contributed by atoms with Crippen molar-refractivity contribution in [1.82, 2.24) is 0 Å². The van der Waals surface area contributed by atoms with E-state index in [9.17, 15) is 9.35 Å². The number of rotatable bonds is 5. The Bertz CT molecular complexity index is 343. The summed E-state index contributed by atoms with van der Waals surface area (Å²) in [6.07, 6.45) is 2.63. The molecule has 0 aliphatic heterocycles. The summed E-state index contributed by atoms with van der Waals surface area (Å²) >= 11 is -1.00. The van der Waals surface area contributed by atoms with E-state index in [-0.39, 0.29) is 10.7 Å². The molecule has 17 heavy (non-hydrogen) atoms. The molecule has 0 bridgehead atoms. The number of hydrogen-bond donors (Lipinski definition) is 0. The second-order valence-electron chi connectivity index (χ2n) is 5.13. The van der Waals surface area contributed by atoms with E-state index in [1.807, 2.05) is 57.4 Å². The molecule has 0 heterocycles. The summed E-state index contributed by atoms with van der Waals surface area (Å²) < 4.78 is 11.7. The van der Waals surface area contributed by atoms with Gasteiger partial charge in [0.1, 0.15) is 10.5 Å². The molecule has 93 valence electrons. The lowest BCUT2D eigenvalue weighted by atomic mass is 10.0. The van der Waals surface area contributed by atoms with Gasteiger partial charge in [-0.2, -0.15) is 0 Å². The van der Waals surface area contributed by atoms with Gasteiger partial charge >= 0.3 is 0 Å². The van der Waals surface area contributed by atoms with Crippen molar-refractivity contribution in [2.24, 2.45) is 5.92 Å². The van der Waals surface area contributed by atoms with E-state index in [4.69, 9.17) is 0 Å². The van der Waals surface area contributed by atoms with E-state index in [0.29, 0.717) is 12.2 Å². The van der Waals surface area contributed by atoms with E-state index in [2.05, 4.69) is 0 Å². The summed E-state index contributed by atoms with van der Waals surface area (Å²) in [5.41, 5.74) is 1.09. The largest absolute Gasteiger partial charge is 0.616 e. The third kappa shape index (κ3) is 4.92. The van der Waals surface area contributed by atoms with Gasteiger partial charge in [-0.15, -0.1) is 0 Å². The summed E-state index contributed by atoms with van der Waals surface area (Å²) in [6.45, 7) is 5.77. The van der Waals surface area contributed by atoms with Gasteiger partial charge in [-0.1, -0.05) is 30.3 Å². The molecule has 0 aromatic heterocycles. The van der Waals surface area contributed by atoms with Gasteiger partial charge < -0.3 is 4.55 Å². The highest BCUT2D eigenvalue weighted by Gasteiger charge is 2.29. The summed E-state index contributed by atoms with van der Waals surface area (Å²) in [5, 5.41) is 0. The normalized spacial score (nSPS) is 15.3. The Hall–Kier alpha value is -0.800. The number of carbonyl (C=O) groups excluding carboxylic acids is 1. The van der Waals surface area contributed by atoms with Gasteiger partial charge in [0.05, 0.1) is 5.92 Å². The Labute approximate surface area is 107 Å². The van der Waals surface area contributed by atoms with E-state index in [0.717, 1.165) is 5.56 Å². The molecule has 0 aliphatic rings. The molecule has 1 aromatic rings. The number of benzene rings is 1. The molecule has 0 amide bonds. The fourth-order valence-corrected chi connectivity index (χ4v) is 2.52. The maximum Gasteiger partial charge on any atom is 0.206 e.